The third-order valence-corrected chi connectivity index (χ3v) is 2.91. The average Bonchev–Trinajstić information content (AvgIpc) is 2.33. The molecule has 0 aliphatic rings. The van der Waals surface area contributed by atoms with Gasteiger partial charge in [-0.1, -0.05) is 29.8 Å². The van der Waals surface area contributed by atoms with Gasteiger partial charge >= 0.3 is 6.09 Å². The predicted octanol–water partition coefficient (Wildman–Crippen LogP) is 2.76. The summed E-state index contributed by atoms with van der Waals surface area (Å²) in [6.45, 7) is 7.41. The fraction of sp³-hybridized carbons (Fsp3) is 0.500. The third kappa shape index (κ3) is 6.79. The molecule has 1 rings (SSSR count). The molecule has 0 spiro atoms. The van der Waals surface area contributed by atoms with Crippen molar-refractivity contribution in [1.29, 1.82) is 5.41 Å². The summed E-state index contributed by atoms with van der Waals surface area (Å²) in [5.74, 6) is -0.0621. The van der Waals surface area contributed by atoms with E-state index in [1.807, 2.05) is 31.2 Å². The van der Waals surface area contributed by atoms with Crippen molar-refractivity contribution in [3.05, 3.63) is 35.4 Å². The van der Waals surface area contributed by atoms with E-state index in [1.54, 1.807) is 20.8 Å². The second-order valence-corrected chi connectivity index (χ2v) is 6.18. The van der Waals surface area contributed by atoms with Crippen molar-refractivity contribution in [2.24, 2.45) is 5.73 Å². The van der Waals surface area contributed by atoms with Crippen molar-refractivity contribution in [1.82, 2.24) is 5.32 Å². The molecular weight excluding hydrogens is 266 g/mol. The van der Waals surface area contributed by atoms with E-state index < -0.39 is 17.7 Å². The maximum absolute atomic E-state index is 11.7. The van der Waals surface area contributed by atoms with Crippen molar-refractivity contribution in [2.45, 2.75) is 52.2 Å². The topological polar surface area (TPSA) is 88.2 Å². The number of alkyl carbamates (subject to hydrolysis) is 1. The molecule has 4 N–H and O–H groups in total. The van der Waals surface area contributed by atoms with E-state index in [9.17, 15) is 4.79 Å². The number of rotatable bonds is 5. The van der Waals surface area contributed by atoms with Crippen LogP contribution in [-0.2, 0) is 11.2 Å². The highest BCUT2D eigenvalue weighted by molar-refractivity contribution is 5.86. The Morgan fingerprint density at radius 3 is 2.38 bits per heavy atom. The zero-order valence-electron chi connectivity index (χ0n) is 13.2. The highest BCUT2D eigenvalue weighted by Gasteiger charge is 2.20. The average molecular weight is 291 g/mol. The Labute approximate surface area is 126 Å². The molecular formula is C16H25N3O2. The molecule has 0 heterocycles. The smallest absolute Gasteiger partial charge is 0.408 e. The molecule has 0 aliphatic carbocycles. The summed E-state index contributed by atoms with van der Waals surface area (Å²) >= 11 is 0. The number of hydrogen-bond donors (Lipinski definition) is 3. The highest BCUT2D eigenvalue weighted by atomic mass is 16.6. The van der Waals surface area contributed by atoms with Gasteiger partial charge in [0.15, 0.2) is 0 Å². The standard InChI is InChI=1S/C16H25N3O2/c1-11-5-7-12(8-6-11)9-10-13(14(17)18)19-15(20)21-16(2,3)4/h5-8,13H,9-10H2,1-4H3,(H3,17,18)(H,19,20)/t13-/m1/s1. The number of nitrogens with two attached hydrogens (primary N) is 1. The summed E-state index contributed by atoms with van der Waals surface area (Å²) in [6.07, 6.45) is 0.754. The molecule has 0 saturated carbocycles. The fourth-order valence-electron chi connectivity index (χ4n) is 1.82. The second kappa shape index (κ2) is 7.11. The maximum atomic E-state index is 11.7. The van der Waals surface area contributed by atoms with E-state index in [0.29, 0.717) is 6.42 Å². The lowest BCUT2D eigenvalue weighted by Gasteiger charge is -2.23. The van der Waals surface area contributed by atoms with Gasteiger partial charge in [0.25, 0.3) is 0 Å². The SMILES string of the molecule is Cc1ccc(CC[C@@H](NC(=O)OC(C)(C)C)C(=N)N)cc1. The van der Waals surface area contributed by atoms with Crippen molar-refractivity contribution >= 4 is 11.9 Å². The lowest BCUT2D eigenvalue weighted by molar-refractivity contribution is 0.0516. The molecule has 116 valence electrons. The minimum absolute atomic E-state index is 0.0621. The Morgan fingerprint density at radius 1 is 1.33 bits per heavy atom. The van der Waals surface area contributed by atoms with Crippen molar-refractivity contribution in [3.8, 4) is 0 Å². The van der Waals surface area contributed by atoms with E-state index >= 15 is 0 Å². The van der Waals surface area contributed by atoms with Crippen LogP contribution in [0.15, 0.2) is 24.3 Å². The zero-order valence-corrected chi connectivity index (χ0v) is 13.2. The summed E-state index contributed by atoms with van der Waals surface area (Å²) in [5, 5.41) is 10.2. The van der Waals surface area contributed by atoms with Gasteiger partial charge < -0.3 is 15.8 Å². The molecule has 1 amide bonds. The molecule has 21 heavy (non-hydrogen) atoms. The molecule has 5 nitrogen and oxygen atoms in total. The second-order valence-electron chi connectivity index (χ2n) is 6.18. The fourth-order valence-corrected chi connectivity index (χ4v) is 1.82. The van der Waals surface area contributed by atoms with E-state index in [-0.39, 0.29) is 5.84 Å². The van der Waals surface area contributed by atoms with Crippen molar-refractivity contribution in [3.63, 3.8) is 0 Å². The Hall–Kier alpha value is -2.04. The minimum Gasteiger partial charge on any atom is -0.444 e. The van der Waals surface area contributed by atoms with Gasteiger partial charge in [0, 0.05) is 0 Å². The minimum atomic E-state index is -0.567. The van der Waals surface area contributed by atoms with Crippen LogP contribution < -0.4 is 11.1 Å². The first-order chi connectivity index (χ1) is 9.67. The maximum Gasteiger partial charge on any atom is 0.408 e. The molecule has 0 fully saturated rings. The van der Waals surface area contributed by atoms with Crippen LogP contribution in [0.3, 0.4) is 0 Å². The van der Waals surface area contributed by atoms with Gasteiger partial charge in [0.05, 0.1) is 6.04 Å². The van der Waals surface area contributed by atoms with Crippen LogP contribution >= 0.6 is 0 Å². The van der Waals surface area contributed by atoms with Gasteiger partial charge in [-0.25, -0.2) is 4.79 Å². The normalized spacial score (nSPS) is 12.6. The van der Waals surface area contributed by atoms with Gasteiger partial charge in [-0.3, -0.25) is 5.41 Å². The first-order valence-corrected chi connectivity index (χ1v) is 7.06. The summed E-state index contributed by atoms with van der Waals surface area (Å²) < 4.78 is 5.18. The van der Waals surface area contributed by atoms with Crippen LogP contribution in [0, 0.1) is 12.3 Å². The number of carbonyl (C=O) groups is 1. The van der Waals surface area contributed by atoms with Gasteiger partial charge in [-0.05, 0) is 46.1 Å². The zero-order chi connectivity index (χ0) is 16.0. The highest BCUT2D eigenvalue weighted by Crippen LogP contribution is 2.10. The Bertz CT molecular complexity index is 489. The molecule has 0 unspecified atom stereocenters. The summed E-state index contributed by atoms with van der Waals surface area (Å²) in [4.78, 5) is 11.7. The summed E-state index contributed by atoms with van der Waals surface area (Å²) in [6, 6.07) is 7.65. The van der Waals surface area contributed by atoms with E-state index in [1.165, 1.54) is 5.56 Å². The number of amidine groups is 1. The van der Waals surface area contributed by atoms with Crippen LogP contribution in [0.2, 0.25) is 0 Å². The lowest BCUT2D eigenvalue weighted by Crippen LogP contribution is -2.46. The number of carbonyl (C=O) groups excluding carboxylic acids is 1. The Kier molecular flexibility index (Phi) is 5.76. The predicted molar refractivity (Wildman–Crippen MR) is 84.6 cm³/mol. The summed E-state index contributed by atoms with van der Waals surface area (Å²) in [7, 11) is 0. The van der Waals surface area contributed by atoms with Gasteiger partial charge in [0.2, 0.25) is 0 Å². The molecule has 0 bridgehead atoms. The first-order valence-electron chi connectivity index (χ1n) is 7.06. The first kappa shape index (κ1) is 17.0. The molecule has 1 atom stereocenters. The summed E-state index contributed by atoms with van der Waals surface area (Å²) in [5.41, 5.74) is 7.34. The molecule has 1 aromatic rings. The van der Waals surface area contributed by atoms with Gasteiger partial charge in [0.1, 0.15) is 11.4 Å². The van der Waals surface area contributed by atoms with Crippen LogP contribution in [0.1, 0.15) is 38.3 Å². The molecule has 5 heteroatoms. The molecule has 1 aromatic carbocycles. The Balaban J connectivity index is 2.56. The van der Waals surface area contributed by atoms with Crippen molar-refractivity contribution in [2.75, 3.05) is 0 Å². The molecule has 0 saturated heterocycles. The van der Waals surface area contributed by atoms with Crippen LogP contribution in [0.5, 0.6) is 0 Å². The number of nitrogens with one attached hydrogen (secondary N) is 2. The number of aryl methyl sites for hydroxylation is 2. The number of benzene rings is 1. The Morgan fingerprint density at radius 2 is 1.90 bits per heavy atom. The van der Waals surface area contributed by atoms with E-state index in [0.717, 1.165) is 12.0 Å². The molecule has 0 radical (unpaired) electrons. The number of ether oxygens (including phenoxy) is 1. The van der Waals surface area contributed by atoms with E-state index in [2.05, 4.69) is 5.32 Å². The van der Waals surface area contributed by atoms with Crippen LogP contribution in [-0.4, -0.2) is 23.6 Å². The number of amides is 1. The van der Waals surface area contributed by atoms with E-state index in [4.69, 9.17) is 15.9 Å². The van der Waals surface area contributed by atoms with Gasteiger partial charge in [-0.2, -0.15) is 0 Å². The third-order valence-electron chi connectivity index (χ3n) is 2.91. The lowest BCUT2D eigenvalue weighted by atomic mass is 10.0. The molecule has 0 aromatic heterocycles. The monoisotopic (exact) mass is 291 g/mol. The largest absolute Gasteiger partial charge is 0.444 e. The van der Waals surface area contributed by atoms with Crippen LogP contribution in [0.25, 0.3) is 0 Å². The number of hydrogen-bond acceptors (Lipinski definition) is 3. The van der Waals surface area contributed by atoms with Gasteiger partial charge in [-0.15, -0.1) is 0 Å². The van der Waals surface area contributed by atoms with Crippen LogP contribution in [0.4, 0.5) is 4.79 Å². The molecule has 0 aliphatic heterocycles. The van der Waals surface area contributed by atoms with Crippen molar-refractivity contribution < 1.29 is 9.53 Å². The quantitative estimate of drug-likeness (QED) is 0.575.